The highest BCUT2D eigenvalue weighted by Crippen LogP contribution is 2.26. The van der Waals surface area contributed by atoms with E-state index < -0.39 is 10.1 Å². The minimum atomic E-state index is -4.15. The van der Waals surface area contributed by atoms with Crippen LogP contribution in [0.5, 0.6) is 0 Å². The molecule has 0 N–H and O–H groups in total. The third kappa shape index (κ3) is 4.73. The van der Waals surface area contributed by atoms with Gasteiger partial charge in [0.15, 0.2) is 0 Å². The molecule has 0 unspecified atom stereocenters. The first-order valence-corrected chi connectivity index (χ1v) is 11.1. The van der Waals surface area contributed by atoms with Gasteiger partial charge in [0, 0.05) is 11.0 Å². The molecule has 0 spiro atoms. The molecule has 156 valence electrons. The molecule has 0 saturated heterocycles. The Morgan fingerprint density at radius 1 is 1.03 bits per heavy atom. The van der Waals surface area contributed by atoms with Crippen LogP contribution in [0.15, 0.2) is 94.5 Å². The summed E-state index contributed by atoms with van der Waals surface area (Å²) in [7, 11) is -4.15. The standard InChI is InChI=1S/C25H22N2O3S/c1-4-10-22(24(17-26)21-14-7-5-11-18(21)2)19(3)27-30-31(28,29)25-16-9-13-20-12-6-8-15-23(20)25/h4-16H,1-3H3/b10-4-,24-22+,27-19+. The van der Waals surface area contributed by atoms with Gasteiger partial charge in [-0.15, -0.1) is 0 Å². The summed E-state index contributed by atoms with van der Waals surface area (Å²) in [4.78, 5) is 0.0399. The first-order valence-electron chi connectivity index (χ1n) is 9.68. The van der Waals surface area contributed by atoms with Crippen molar-refractivity contribution >= 4 is 32.2 Å². The topological polar surface area (TPSA) is 79.5 Å². The SMILES string of the molecule is C\C=C/C(=C(/C#N)c1ccccc1C)C(/C)=N/OS(=O)(=O)c1cccc2ccccc12. The average Bonchev–Trinajstić information content (AvgIpc) is 2.78. The maximum atomic E-state index is 12.9. The van der Waals surface area contributed by atoms with Gasteiger partial charge < -0.3 is 0 Å². The number of hydrogen-bond acceptors (Lipinski definition) is 5. The molecule has 3 rings (SSSR count). The second kappa shape index (κ2) is 9.41. The van der Waals surface area contributed by atoms with E-state index >= 15 is 0 Å². The van der Waals surface area contributed by atoms with Crippen LogP contribution in [-0.4, -0.2) is 14.1 Å². The Balaban J connectivity index is 2.05. The predicted octanol–water partition coefficient (Wildman–Crippen LogP) is 5.78. The number of nitrogens with zero attached hydrogens (tertiary/aromatic N) is 2. The largest absolute Gasteiger partial charge is 0.359 e. The average molecular weight is 431 g/mol. The third-order valence-corrected chi connectivity index (χ3v) is 5.98. The van der Waals surface area contributed by atoms with Crippen LogP contribution in [0.3, 0.4) is 0 Å². The summed E-state index contributed by atoms with van der Waals surface area (Å²) in [5.41, 5.74) is 2.85. The number of rotatable bonds is 6. The van der Waals surface area contributed by atoms with E-state index in [-0.39, 0.29) is 10.6 Å². The van der Waals surface area contributed by atoms with Crippen molar-refractivity contribution in [1.82, 2.24) is 0 Å². The second-order valence-electron chi connectivity index (χ2n) is 6.90. The highest BCUT2D eigenvalue weighted by atomic mass is 32.2. The third-order valence-electron chi connectivity index (χ3n) is 4.81. The van der Waals surface area contributed by atoms with Gasteiger partial charge in [0.1, 0.15) is 11.0 Å². The van der Waals surface area contributed by atoms with Crippen molar-refractivity contribution in [1.29, 1.82) is 5.26 Å². The molecule has 0 aliphatic carbocycles. The van der Waals surface area contributed by atoms with Crippen molar-refractivity contribution < 1.29 is 12.7 Å². The summed E-state index contributed by atoms with van der Waals surface area (Å²) in [6, 6.07) is 21.9. The molecule has 0 atom stereocenters. The minimum Gasteiger partial charge on any atom is -0.264 e. The number of aryl methyl sites for hydroxylation is 1. The van der Waals surface area contributed by atoms with Crippen LogP contribution in [0.4, 0.5) is 0 Å². The summed E-state index contributed by atoms with van der Waals surface area (Å²) in [6.07, 6.45) is 3.49. The van der Waals surface area contributed by atoms with Gasteiger partial charge in [-0.25, -0.2) is 0 Å². The minimum absolute atomic E-state index is 0.0399. The molecule has 6 heteroatoms. The van der Waals surface area contributed by atoms with Crippen LogP contribution in [0.25, 0.3) is 16.3 Å². The first-order chi connectivity index (χ1) is 14.9. The van der Waals surface area contributed by atoms with E-state index in [9.17, 15) is 13.7 Å². The Bertz CT molecular complexity index is 1360. The molecule has 0 aliphatic rings. The van der Waals surface area contributed by atoms with Crippen molar-refractivity contribution in [2.75, 3.05) is 0 Å². The van der Waals surface area contributed by atoms with E-state index in [1.807, 2.05) is 56.3 Å². The molecule has 3 aromatic carbocycles. The van der Waals surface area contributed by atoms with Gasteiger partial charge in [-0.05, 0) is 43.4 Å². The summed E-state index contributed by atoms with van der Waals surface area (Å²) in [5, 5.41) is 15.1. The Kier molecular flexibility index (Phi) is 6.68. The van der Waals surface area contributed by atoms with Crippen molar-refractivity contribution in [2.45, 2.75) is 25.7 Å². The monoisotopic (exact) mass is 430 g/mol. The molecule has 0 saturated carbocycles. The first kappa shape index (κ1) is 22.0. The quantitative estimate of drug-likeness (QED) is 0.215. The smallest absolute Gasteiger partial charge is 0.264 e. The maximum absolute atomic E-state index is 12.9. The Hall–Kier alpha value is -3.69. The number of oxime groups is 1. The molecule has 0 heterocycles. The lowest BCUT2D eigenvalue weighted by Gasteiger charge is -2.10. The number of allylic oxidation sites excluding steroid dienone is 4. The van der Waals surface area contributed by atoms with Crippen LogP contribution in [-0.2, 0) is 14.4 Å². The van der Waals surface area contributed by atoms with Crippen molar-refractivity contribution in [3.05, 3.63) is 95.6 Å². The zero-order chi connectivity index (χ0) is 22.4. The van der Waals surface area contributed by atoms with Crippen LogP contribution >= 0.6 is 0 Å². The Morgan fingerprint density at radius 3 is 2.42 bits per heavy atom. The molecule has 3 aromatic rings. The molecule has 0 aromatic heterocycles. The lowest BCUT2D eigenvalue weighted by Crippen LogP contribution is -2.07. The van der Waals surface area contributed by atoms with Gasteiger partial charge in [0.05, 0.1) is 11.3 Å². The molecule has 0 amide bonds. The number of nitriles is 1. The van der Waals surface area contributed by atoms with Gasteiger partial charge in [-0.2, -0.15) is 13.7 Å². The van der Waals surface area contributed by atoms with E-state index in [0.29, 0.717) is 16.5 Å². The molecule has 0 fully saturated rings. The van der Waals surface area contributed by atoms with Gasteiger partial charge in [0.2, 0.25) is 0 Å². The van der Waals surface area contributed by atoms with Crippen molar-refractivity contribution in [2.24, 2.45) is 5.16 Å². The van der Waals surface area contributed by atoms with Gasteiger partial charge in [-0.3, -0.25) is 4.28 Å². The molecular formula is C25H22N2O3S. The fourth-order valence-corrected chi connectivity index (χ4v) is 4.27. The van der Waals surface area contributed by atoms with Gasteiger partial charge in [0.25, 0.3) is 0 Å². The highest BCUT2D eigenvalue weighted by Gasteiger charge is 2.20. The fourth-order valence-electron chi connectivity index (χ4n) is 3.28. The zero-order valence-corrected chi connectivity index (χ0v) is 18.3. The van der Waals surface area contributed by atoms with E-state index in [1.54, 1.807) is 37.3 Å². The molecule has 31 heavy (non-hydrogen) atoms. The second-order valence-corrected chi connectivity index (χ2v) is 8.40. The van der Waals surface area contributed by atoms with Crippen LogP contribution in [0.1, 0.15) is 25.0 Å². The molecular weight excluding hydrogens is 408 g/mol. The Labute approximate surface area is 182 Å². The Morgan fingerprint density at radius 2 is 1.71 bits per heavy atom. The van der Waals surface area contributed by atoms with E-state index in [1.165, 1.54) is 6.07 Å². The fraction of sp³-hybridized carbons (Fsp3) is 0.120. The normalized spacial score (nSPS) is 13.2. The van der Waals surface area contributed by atoms with Gasteiger partial charge >= 0.3 is 10.1 Å². The number of benzene rings is 3. The van der Waals surface area contributed by atoms with Crippen LogP contribution in [0, 0.1) is 18.3 Å². The highest BCUT2D eigenvalue weighted by molar-refractivity contribution is 7.87. The summed E-state index contributed by atoms with van der Waals surface area (Å²) < 4.78 is 30.8. The summed E-state index contributed by atoms with van der Waals surface area (Å²) >= 11 is 0. The van der Waals surface area contributed by atoms with Crippen molar-refractivity contribution in [3.8, 4) is 6.07 Å². The van der Waals surface area contributed by atoms with Crippen molar-refractivity contribution in [3.63, 3.8) is 0 Å². The zero-order valence-electron chi connectivity index (χ0n) is 17.5. The summed E-state index contributed by atoms with van der Waals surface area (Å²) in [6.45, 7) is 5.34. The number of fused-ring (bicyclic) bond motifs is 1. The van der Waals surface area contributed by atoms with Gasteiger partial charge in [-0.1, -0.05) is 78.0 Å². The maximum Gasteiger partial charge on any atom is 0.359 e. The number of hydrogen-bond donors (Lipinski definition) is 0. The molecule has 5 nitrogen and oxygen atoms in total. The van der Waals surface area contributed by atoms with E-state index in [4.69, 9.17) is 4.28 Å². The lowest BCUT2D eigenvalue weighted by atomic mass is 9.94. The van der Waals surface area contributed by atoms with Crippen LogP contribution < -0.4 is 0 Å². The van der Waals surface area contributed by atoms with Crippen LogP contribution in [0.2, 0.25) is 0 Å². The van der Waals surface area contributed by atoms with E-state index in [0.717, 1.165) is 16.5 Å². The molecule has 0 radical (unpaired) electrons. The molecule has 0 bridgehead atoms. The lowest BCUT2D eigenvalue weighted by molar-refractivity contribution is 0.339. The van der Waals surface area contributed by atoms with E-state index in [2.05, 4.69) is 11.2 Å². The predicted molar refractivity (Wildman–Crippen MR) is 124 cm³/mol. The summed E-state index contributed by atoms with van der Waals surface area (Å²) in [5.74, 6) is 0. The molecule has 0 aliphatic heterocycles.